The summed E-state index contributed by atoms with van der Waals surface area (Å²) in [5, 5.41) is 7.66. The summed E-state index contributed by atoms with van der Waals surface area (Å²) in [5.74, 6) is 1.98. The molecule has 0 bridgehead atoms. The maximum atomic E-state index is 5.47. The van der Waals surface area contributed by atoms with Crippen LogP contribution in [0, 0.1) is 5.92 Å². The lowest BCUT2D eigenvalue weighted by Gasteiger charge is -2.33. The van der Waals surface area contributed by atoms with Crippen LogP contribution in [0.25, 0.3) is 0 Å². The van der Waals surface area contributed by atoms with Gasteiger partial charge >= 0.3 is 0 Å². The van der Waals surface area contributed by atoms with E-state index >= 15 is 0 Å². The van der Waals surface area contributed by atoms with Crippen molar-refractivity contribution >= 4 is 17.6 Å². The van der Waals surface area contributed by atoms with Crippen LogP contribution in [0.2, 0.25) is 0 Å². The maximum Gasteiger partial charge on any atom is 0.249 e. The number of morpholine rings is 1. The maximum absolute atomic E-state index is 5.47. The molecule has 3 heterocycles. The van der Waals surface area contributed by atoms with Crippen molar-refractivity contribution in [3.8, 4) is 0 Å². The van der Waals surface area contributed by atoms with Crippen LogP contribution in [-0.2, 0) is 11.3 Å². The molecule has 2 unspecified atom stereocenters. The predicted molar refractivity (Wildman–Crippen MR) is 80.2 cm³/mol. The van der Waals surface area contributed by atoms with E-state index < -0.39 is 0 Å². The molecule has 1 N–H and O–H groups in total. The number of hydrogen-bond acceptors (Lipinski definition) is 6. The molecule has 1 saturated carbocycles. The van der Waals surface area contributed by atoms with Gasteiger partial charge in [-0.15, -0.1) is 5.10 Å². The Morgan fingerprint density at radius 1 is 1.29 bits per heavy atom. The zero-order chi connectivity index (χ0) is 14.2. The summed E-state index contributed by atoms with van der Waals surface area (Å²) >= 11 is 0. The van der Waals surface area contributed by atoms with Crippen LogP contribution in [0.5, 0.6) is 0 Å². The lowest BCUT2D eigenvalue weighted by molar-refractivity contribution is 0.0292. The highest BCUT2D eigenvalue weighted by atomic mass is 16.5. The molecule has 2 fully saturated rings. The molecule has 1 aromatic rings. The molecule has 114 valence electrons. The number of nitrogens with zero attached hydrogens (tertiary/aromatic N) is 5. The molecule has 7 nitrogen and oxygen atoms in total. The standard InChI is InChI=1S/C14H22N6O/c1-2-15-13-17-14-16-12-10(9-20(14)18-13)3-4-11(12)19-5-7-21-8-6-19/h10-11H,2-9H2,1H3,(H,15,18). The highest BCUT2D eigenvalue weighted by molar-refractivity contribution is 5.95. The second kappa shape index (κ2) is 5.38. The van der Waals surface area contributed by atoms with E-state index in [4.69, 9.17) is 9.73 Å². The van der Waals surface area contributed by atoms with E-state index in [0.717, 1.165) is 45.3 Å². The van der Waals surface area contributed by atoms with Crippen molar-refractivity contribution in [3.63, 3.8) is 0 Å². The lowest BCUT2D eigenvalue weighted by atomic mass is 10.0. The van der Waals surface area contributed by atoms with Gasteiger partial charge in [0.1, 0.15) is 0 Å². The first-order chi connectivity index (χ1) is 10.3. The van der Waals surface area contributed by atoms with E-state index in [2.05, 4.69) is 27.2 Å². The normalized spacial score (nSPS) is 28.9. The topological polar surface area (TPSA) is 67.6 Å². The minimum atomic E-state index is 0.479. The van der Waals surface area contributed by atoms with Crippen LogP contribution < -0.4 is 5.32 Å². The van der Waals surface area contributed by atoms with Crippen LogP contribution in [0.3, 0.4) is 0 Å². The molecule has 2 aliphatic heterocycles. The molecule has 0 radical (unpaired) electrons. The fraction of sp³-hybridized carbons (Fsp3) is 0.786. The van der Waals surface area contributed by atoms with Crippen LogP contribution in [0.1, 0.15) is 19.8 Å². The molecule has 0 amide bonds. The fourth-order valence-corrected chi connectivity index (χ4v) is 3.63. The Morgan fingerprint density at radius 2 is 2.14 bits per heavy atom. The molecule has 1 aliphatic carbocycles. The smallest absolute Gasteiger partial charge is 0.249 e. The molecule has 7 heteroatoms. The molecule has 1 saturated heterocycles. The van der Waals surface area contributed by atoms with Gasteiger partial charge in [0.15, 0.2) is 0 Å². The van der Waals surface area contributed by atoms with Crippen LogP contribution in [0.4, 0.5) is 11.9 Å². The monoisotopic (exact) mass is 290 g/mol. The number of anilines is 1. The summed E-state index contributed by atoms with van der Waals surface area (Å²) in [4.78, 5) is 11.9. The third-order valence-electron chi connectivity index (χ3n) is 4.64. The highest BCUT2D eigenvalue weighted by Gasteiger charge is 2.39. The van der Waals surface area contributed by atoms with E-state index in [1.54, 1.807) is 0 Å². The van der Waals surface area contributed by atoms with E-state index in [1.807, 2.05) is 4.68 Å². The van der Waals surface area contributed by atoms with Gasteiger partial charge < -0.3 is 10.1 Å². The Hall–Kier alpha value is -1.47. The molecule has 4 rings (SSSR count). The van der Waals surface area contributed by atoms with Crippen molar-refractivity contribution in [1.29, 1.82) is 0 Å². The Kier molecular flexibility index (Phi) is 3.39. The van der Waals surface area contributed by atoms with Crippen molar-refractivity contribution < 1.29 is 4.74 Å². The molecule has 1 aromatic heterocycles. The van der Waals surface area contributed by atoms with Crippen LogP contribution >= 0.6 is 0 Å². The Morgan fingerprint density at radius 3 is 2.95 bits per heavy atom. The van der Waals surface area contributed by atoms with Crippen molar-refractivity contribution in [2.45, 2.75) is 32.4 Å². The van der Waals surface area contributed by atoms with E-state index in [1.165, 1.54) is 18.6 Å². The zero-order valence-corrected chi connectivity index (χ0v) is 12.5. The summed E-state index contributed by atoms with van der Waals surface area (Å²) in [6.45, 7) is 7.53. The second-order valence-corrected chi connectivity index (χ2v) is 5.92. The summed E-state index contributed by atoms with van der Waals surface area (Å²) in [5.41, 5.74) is 1.32. The van der Waals surface area contributed by atoms with Crippen LogP contribution in [0.15, 0.2) is 4.99 Å². The number of fused-ring (bicyclic) bond motifs is 2. The Balaban J connectivity index is 1.59. The van der Waals surface area contributed by atoms with Crippen molar-refractivity contribution in [1.82, 2.24) is 19.7 Å². The third-order valence-corrected chi connectivity index (χ3v) is 4.64. The van der Waals surface area contributed by atoms with Gasteiger partial charge in [0.25, 0.3) is 0 Å². The SMILES string of the molecule is CCNc1nc2n(n1)CC1CCC(N3CCOCC3)C1=N2. The number of aromatic nitrogens is 3. The molecule has 3 aliphatic rings. The second-order valence-electron chi connectivity index (χ2n) is 5.92. The summed E-state index contributed by atoms with van der Waals surface area (Å²) in [6, 6.07) is 0.479. The predicted octanol–water partition coefficient (Wildman–Crippen LogP) is 0.907. The first-order valence-electron chi connectivity index (χ1n) is 7.94. The Labute approximate surface area is 124 Å². The van der Waals surface area contributed by atoms with E-state index in [9.17, 15) is 0 Å². The van der Waals surface area contributed by atoms with Gasteiger partial charge in [-0.3, -0.25) is 4.90 Å². The number of nitrogens with one attached hydrogen (secondary N) is 1. The fourth-order valence-electron chi connectivity index (χ4n) is 3.63. The average Bonchev–Trinajstić information content (AvgIpc) is 3.08. The van der Waals surface area contributed by atoms with Crippen LogP contribution in [-0.4, -0.2) is 64.3 Å². The number of hydrogen-bond donors (Lipinski definition) is 1. The van der Waals surface area contributed by atoms with Crippen molar-refractivity contribution in [3.05, 3.63) is 0 Å². The zero-order valence-electron chi connectivity index (χ0n) is 12.5. The van der Waals surface area contributed by atoms with Gasteiger partial charge in [-0.2, -0.15) is 4.98 Å². The summed E-state index contributed by atoms with van der Waals surface area (Å²) in [6.07, 6.45) is 2.41. The number of ether oxygens (including phenoxy) is 1. The van der Waals surface area contributed by atoms with E-state index in [0.29, 0.717) is 17.9 Å². The largest absolute Gasteiger partial charge is 0.379 e. The molecule has 0 aromatic carbocycles. The van der Waals surface area contributed by atoms with Gasteiger partial charge in [0, 0.05) is 37.3 Å². The van der Waals surface area contributed by atoms with Gasteiger partial charge in [-0.25, -0.2) is 9.67 Å². The van der Waals surface area contributed by atoms with E-state index in [-0.39, 0.29) is 0 Å². The van der Waals surface area contributed by atoms with Gasteiger partial charge in [-0.05, 0) is 19.8 Å². The highest BCUT2D eigenvalue weighted by Crippen LogP contribution is 2.34. The average molecular weight is 290 g/mol. The molecule has 0 spiro atoms. The summed E-state index contributed by atoms with van der Waals surface area (Å²) in [7, 11) is 0. The quantitative estimate of drug-likeness (QED) is 0.896. The van der Waals surface area contributed by atoms with Gasteiger partial charge in [0.05, 0.1) is 19.8 Å². The van der Waals surface area contributed by atoms with Crippen molar-refractivity contribution in [2.75, 3.05) is 38.2 Å². The summed E-state index contributed by atoms with van der Waals surface area (Å²) < 4.78 is 7.42. The van der Waals surface area contributed by atoms with Crippen molar-refractivity contribution in [2.24, 2.45) is 10.9 Å². The minimum absolute atomic E-state index is 0.479. The minimum Gasteiger partial charge on any atom is -0.379 e. The molecular weight excluding hydrogens is 268 g/mol. The first-order valence-corrected chi connectivity index (χ1v) is 7.94. The lowest BCUT2D eigenvalue weighted by Crippen LogP contribution is -2.46. The Bertz CT molecular complexity index is 548. The molecular formula is C14H22N6O. The van der Waals surface area contributed by atoms with Gasteiger partial charge in [-0.1, -0.05) is 0 Å². The number of rotatable bonds is 3. The number of aliphatic imine (C=N–C) groups is 1. The van der Waals surface area contributed by atoms with Gasteiger partial charge in [0.2, 0.25) is 11.9 Å². The first kappa shape index (κ1) is 13.2. The third kappa shape index (κ3) is 2.34. The molecule has 21 heavy (non-hydrogen) atoms. The molecule has 2 atom stereocenters.